The summed E-state index contributed by atoms with van der Waals surface area (Å²) in [5.74, 6) is 4.84. The van der Waals surface area contributed by atoms with E-state index in [1.807, 2.05) is 0 Å². The van der Waals surface area contributed by atoms with Gasteiger partial charge in [-0.05, 0) is 6.42 Å². The SMILES string of the molecule is CC(CCC(=O)NN)Sc1ncc[nH]1. The van der Waals surface area contributed by atoms with Gasteiger partial charge in [0.1, 0.15) is 0 Å². The highest BCUT2D eigenvalue weighted by molar-refractivity contribution is 7.99. The molecule has 4 N–H and O–H groups in total. The van der Waals surface area contributed by atoms with Gasteiger partial charge in [-0.25, -0.2) is 10.8 Å². The van der Waals surface area contributed by atoms with Crippen LogP contribution in [0.15, 0.2) is 17.6 Å². The van der Waals surface area contributed by atoms with Crippen molar-refractivity contribution in [2.45, 2.75) is 30.2 Å². The van der Waals surface area contributed by atoms with Crippen LogP contribution in [-0.2, 0) is 4.79 Å². The second-order valence-corrected chi connectivity index (χ2v) is 4.36. The smallest absolute Gasteiger partial charge is 0.233 e. The minimum absolute atomic E-state index is 0.128. The van der Waals surface area contributed by atoms with E-state index in [9.17, 15) is 4.79 Å². The molecule has 1 aromatic heterocycles. The van der Waals surface area contributed by atoms with Gasteiger partial charge in [0, 0.05) is 24.1 Å². The summed E-state index contributed by atoms with van der Waals surface area (Å²) in [4.78, 5) is 17.9. The van der Waals surface area contributed by atoms with E-state index in [4.69, 9.17) is 5.84 Å². The molecule has 0 aliphatic heterocycles. The summed E-state index contributed by atoms with van der Waals surface area (Å²) < 4.78 is 0. The van der Waals surface area contributed by atoms with Crippen molar-refractivity contribution in [1.29, 1.82) is 0 Å². The van der Waals surface area contributed by atoms with Crippen molar-refractivity contribution >= 4 is 17.7 Å². The van der Waals surface area contributed by atoms with Gasteiger partial charge in [-0.1, -0.05) is 18.7 Å². The molecular weight excluding hydrogens is 200 g/mol. The minimum Gasteiger partial charge on any atom is -0.340 e. The van der Waals surface area contributed by atoms with Gasteiger partial charge in [-0.3, -0.25) is 10.2 Å². The highest BCUT2D eigenvalue weighted by Crippen LogP contribution is 2.21. The molecule has 5 nitrogen and oxygen atoms in total. The summed E-state index contributed by atoms with van der Waals surface area (Å²) in [5.41, 5.74) is 2.11. The Morgan fingerprint density at radius 3 is 3.21 bits per heavy atom. The summed E-state index contributed by atoms with van der Waals surface area (Å²) >= 11 is 1.62. The lowest BCUT2D eigenvalue weighted by atomic mass is 10.2. The number of carbonyl (C=O) groups excluding carboxylic acids is 1. The second-order valence-electron chi connectivity index (χ2n) is 2.93. The minimum atomic E-state index is -0.128. The van der Waals surface area contributed by atoms with Gasteiger partial charge in [0.2, 0.25) is 5.91 Å². The first-order valence-electron chi connectivity index (χ1n) is 4.38. The quantitative estimate of drug-likeness (QED) is 0.291. The fourth-order valence-electron chi connectivity index (χ4n) is 0.971. The maximum Gasteiger partial charge on any atom is 0.233 e. The van der Waals surface area contributed by atoms with Crippen molar-refractivity contribution in [3.8, 4) is 0 Å². The maximum atomic E-state index is 10.8. The zero-order valence-corrected chi connectivity index (χ0v) is 8.80. The van der Waals surface area contributed by atoms with Gasteiger partial charge >= 0.3 is 0 Å². The third-order valence-corrected chi connectivity index (χ3v) is 2.81. The Morgan fingerprint density at radius 1 is 1.86 bits per heavy atom. The van der Waals surface area contributed by atoms with E-state index in [1.54, 1.807) is 24.2 Å². The highest BCUT2D eigenvalue weighted by atomic mass is 32.2. The molecule has 1 heterocycles. The number of carbonyl (C=O) groups is 1. The average Bonchev–Trinajstić information content (AvgIpc) is 2.66. The average molecular weight is 214 g/mol. The first kappa shape index (κ1) is 11.1. The molecule has 1 amide bonds. The van der Waals surface area contributed by atoms with Gasteiger partial charge < -0.3 is 4.98 Å². The Kier molecular flexibility index (Phi) is 4.48. The molecule has 78 valence electrons. The molecule has 0 radical (unpaired) electrons. The van der Waals surface area contributed by atoms with Gasteiger partial charge in [0.15, 0.2) is 5.16 Å². The van der Waals surface area contributed by atoms with Crippen LogP contribution in [0.3, 0.4) is 0 Å². The van der Waals surface area contributed by atoms with E-state index in [0.717, 1.165) is 11.6 Å². The fourth-order valence-corrected chi connectivity index (χ4v) is 1.85. The summed E-state index contributed by atoms with van der Waals surface area (Å²) in [6.45, 7) is 2.05. The van der Waals surface area contributed by atoms with E-state index in [1.165, 1.54) is 0 Å². The number of hydrogen-bond acceptors (Lipinski definition) is 4. The summed E-state index contributed by atoms with van der Waals surface area (Å²) in [6, 6.07) is 0. The van der Waals surface area contributed by atoms with Crippen molar-refractivity contribution < 1.29 is 4.79 Å². The maximum absolute atomic E-state index is 10.8. The van der Waals surface area contributed by atoms with Crippen LogP contribution in [0.5, 0.6) is 0 Å². The highest BCUT2D eigenvalue weighted by Gasteiger charge is 2.08. The normalized spacial score (nSPS) is 12.4. The van der Waals surface area contributed by atoms with Crippen LogP contribution < -0.4 is 11.3 Å². The number of hydrazine groups is 1. The molecule has 0 saturated heterocycles. The topological polar surface area (TPSA) is 83.8 Å². The molecule has 0 aliphatic carbocycles. The molecule has 14 heavy (non-hydrogen) atoms. The lowest BCUT2D eigenvalue weighted by molar-refractivity contribution is -0.121. The number of nitrogens with two attached hydrogens (primary N) is 1. The predicted molar refractivity (Wildman–Crippen MR) is 55.5 cm³/mol. The number of aromatic amines is 1. The molecular formula is C8H14N4OS. The Bertz CT molecular complexity index is 275. The second kappa shape index (κ2) is 5.66. The molecule has 0 spiro atoms. The number of rotatable bonds is 5. The molecule has 1 unspecified atom stereocenters. The van der Waals surface area contributed by atoms with Crippen LogP contribution in [0, 0.1) is 0 Å². The van der Waals surface area contributed by atoms with E-state index >= 15 is 0 Å². The predicted octanol–water partition coefficient (Wildman–Crippen LogP) is 0.660. The van der Waals surface area contributed by atoms with E-state index in [0.29, 0.717) is 11.7 Å². The van der Waals surface area contributed by atoms with Gasteiger partial charge in [-0.15, -0.1) is 0 Å². The Hall–Kier alpha value is -1.01. The Balaban J connectivity index is 2.22. The monoisotopic (exact) mass is 214 g/mol. The number of thioether (sulfide) groups is 1. The van der Waals surface area contributed by atoms with Crippen molar-refractivity contribution in [3.05, 3.63) is 12.4 Å². The molecule has 1 rings (SSSR count). The van der Waals surface area contributed by atoms with Crippen LogP contribution in [0.1, 0.15) is 19.8 Å². The molecule has 0 saturated carbocycles. The first-order valence-corrected chi connectivity index (χ1v) is 5.26. The van der Waals surface area contributed by atoms with Crippen molar-refractivity contribution in [3.63, 3.8) is 0 Å². The molecule has 0 aromatic carbocycles. The van der Waals surface area contributed by atoms with Crippen molar-refractivity contribution in [1.82, 2.24) is 15.4 Å². The van der Waals surface area contributed by atoms with Crippen molar-refractivity contribution in [2.24, 2.45) is 5.84 Å². The van der Waals surface area contributed by atoms with Gasteiger partial charge in [0.05, 0.1) is 0 Å². The van der Waals surface area contributed by atoms with Crippen molar-refractivity contribution in [2.75, 3.05) is 0 Å². The largest absolute Gasteiger partial charge is 0.340 e. The standard InChI is InChI=1S/C8H14N4OS/c1-6(2-3-7(13)12-9)14-8-10-4-5-11-8/h4-6H,2-3,9H2,1H3,(H,10,11)(H,12,13). The molecule has 1 atom stereocenters. The van der Waals surface area contributed by atoms with Crippen LogP contribution in [0.4, 0.5) is 0 Å². The molecule has 0 fully saturated rings. The number of nitrogens with zero attached hydrogens (tertiary/aromatic N) is 1. The third-order valence-electron chi connectivity index (χ3n) is 1.72. The molecule has 0 bridgehead atoms. The van der Waals surface area contributed by atoms with Crippen LogP contribution in [-0.4, -0.2) is 21.1 Å². The van der Waals surface area contributed by atoms with Crippen LogP contribution in [0.2, 0.25) is 0 Å². The molecule has 0 aliphatic rings. The summed E-state index contributed by atoms with van der Waals surface area (Å²) in [6.07, 6.45) is 4.73. The number of hydrogen-bond donors (Lipinski definition) is 3. The number of aromatic nitrogens is 2. The van der Waals surface area contributed by atoms with Gasteiger partial charge in [0.25, 0.3) is 0 Å². The Morgan fingerprint density at radius 2 is 2.64 bits per heavy atom. The zero-order chi connectivity index (χ0) is 10.4. The van der Waals surface area contributed by atoms with Crippen LogP contribution >= 0.6 is 11.8 Å². The molecule has 1 aromatic rings. The zero-order valence-electron chi connectivity index (χ0n) is 7.99. The van der Waals surface area contributed by atoms with E-state index in [2.05, 4.69) is 22.3 Å². The fraction of sp³-hybridized carbons (Fsp3) is 0.500. The number of nitrogens with one attached hydrogen (secondary N) is 2. The first-order chi connectivity index (χ1) is 6.72. The Labute approximate surface area is 86.8 Å². The number of imidazole rings is 1. The summed E-state index contributed by atoms with van der Waals surface area (Å²) in [5, 5.41) is 1.23. The van der Waals surface area contributed by atoms with E-state index in [-0.39, 0.29) is 5.91 Å². The molecule has 6 heteroatoms. The number of amides is 1. The summed E-state index contributed by atoms with van der Waals surface area (Å²) in [7, 11) is 0. The lowest BCUT2D eigenvalue weighted by Gasteiger charge is -2.07. The third kappa shape index (κ3) is 3.80. The number of H-pyrrole nitrogens is 1. The lowest BCUT2D eigenvalue weighted by Crippen LogP contribution is -2.30. The van der Waals surface area contributed by atoms with Crippen LogP contribution in [0.25, 0.3) is 0 Å². The van der Waals surface area contributed by atoms with E-state index < -0.39 is 0 Å². The van der Waals surface area contributed by atoms with Gasteiger partial charge in [-0.2, -0.15) is 0 Å².